The van der Waals surface area contributed by atoms with E-state index in [0.717, 1.165) is 31.8 Å². The van der Waals surface area contributed by atoms with E-state index in [4.69, 9.17) is 4.74 Å². The molecular formula is C21H25N3O4. The van der Waals surface area contributed by atoms with Crippen molar-refractivity contribution in [2.45, 2.75) is 19.9 Å². The highest BCUT2D eigenvalue weighted by Gasteiger charge is 2.22. The Morgan fingerprint density at radius 1 is 1.11 bits per heavy atom. The monoisotopic (exact) mass is 383 g/mol. The second kappa shape index (κ2) is 8.84. The molecular weight excluding hydrogens is 358 g/mol. The average Bonchev–Trinajstić information content (AvgIpc) is 2.94. The summed E-state index contributed by atoms with van der Waals surface area (Å²) in [6, 6.07) is 12.7. The summed E-state index contributed by atoms with van der Waals surface area (Å²) in [4.78, 5) is 27.7. The highest BCUT2D eigenvalue weighted by Crippen LogP contribution is 2.21. The van der Waals surface area contributed by atoms with Gasteiger partial charge in [-0.2, -0.15) is 0 Å². The molecule has 28 heavy (non-hydrogen) atoms. The molecule has 0 spiro atoms. The molecule has 1 amide bonds. The quantitative estimate of drug-likeness (QED) is 0.585. The van der Waals surface area contributed by atoms with Gasteiger partial charge in [0.2, 0.25) is 0 Å². The number of ether oxygens (including phenoxy) is 1. The number of hydrogen-bond donors (Lipinski definition) is 0. The molecule has 1 heterocycles. The number of benzene rings is 2. The van der Waals surface area contributed by atoms with Gasteiger partial charge in [0.25, 0.3) is 11.6 Å². The number of amides is 1. The summed E-state index contributed by atoms with van der Waals surface area (Å²) >= 11 is 0. The summed E-state index contributed by atoms with van der Waals surface area (Å²) in [5.74, 6) is 0.693. The van der Waals surface area contributed by atoms with E-state index in [9.17, 15) is 14.9 Å². The van der Waals surface area contributed by atoms with Gasteiger partial charge in [-0.3, -0.25) is 19.8 Å². The summed E-state index contributed by atoms with van der Waals surface area (Å²) < 4.78 is 5.19. The molecule has 0 atom stereocenters. The zero-order valence-corrected chi connectivity index (χ0v) is 16.3. The first kappa shape index (κ1) is 19.8. The van der Waals surface area contributed by atoms with E-state index in [1.165, 1.54) is 11.6 Å². The SMILES string of the molecule is COc1ccc(CN2CCCN(C(=O)c3ccc(C)c([N+](=O)[O-])c3)CC2)cc1. The Morgan fingerprint density at radius 2 is 1.86 bits per heavy atom. The van der Waals surface area contributed by atoms with E-state index >= 15 is 0 Å². The van der Waals surface area contributed by atoms with E-state index in [2.05, 4.69) is 17.0 Å². The normalized spacial score (nSPS) is 15.1. The van der Waals surface area contributed by atoms with Crippen molar-refractivity contribution < 1.29 is 14.5 Å². The third kappa shape index (κ3) is 4.67. The van der Waals surface area contributed by atoms with Crippen LogP contribution in [0.1, 0.15) is 27.9 Å². The minimum Gasteiger partial charge on any atom is -0.497 e. The first-order valence-electron chi connectivity index (χ1n) is 9.37. The van der Waals surface area contributed by atoms with Crippen LogP contribution in [0.3, 0.4) is 0 Å². The van der Waals surface area contributed by atoms with E-state index in [1.54, 1.807) is 31.1 Å². The van der Waals surface area contributed by atoms with E-state index in [1.807, 2.05) is 12.1 Å². The third-order valence-electron chi connectivity index (χ3n) is 5.09. The van der Waals surface area contributed by atoms with Crippen LogP contribution in [0.4, 0.5) is 5.69 Å². The van der Waals surface area contributed by atoms with Gasteiger partial charge in [-0.15, -0.1) is 0 Å². The van der Waals surface area contributed by atoms with Crippen molar-refractivity contribution in [3.63, 3.8) is 0 Å². The predicted octanol–water partition coefficient (Wildman–Crippen LogP) is 3.26. The highest BCUT2D eigenvalue weighted by molar-refractivity contribution is 5.95. The molecule has 0 radical (unpaired) electrons. The van der Waals surface area contributed by atoms with Crippen LogP contribution in [0.2, 0.25) is 0 Å². The number of aryl methyl sites for hydroxylation is 1. The average molecular weight is 383 g/mol. The molecule has 0 unspecified atom stereocenters. The first-order chi connectivity index (χ1) is 13.5. The van der Waals surface area contributed by atoms with Crippen LogP contribution in [-0.2, 0) is 6.54 Å². The van der Waals surface area contributed by atoms with Crippen LogP contribution in [0.25, 0.3) is 0 Å². The Bertz CT molecular complexity index is 851. The molecule has 2 aromatic rings. The number of carbonyl (C=O) groups excluding carboxylic acids is 1. The number of nitro benzene ring substituents is 1. The number of rotatable bonds is 5. The van der Waals surface area contributed by atoms with Crippen LogP contribution in [0.5, 0.6) is 5.75 Å². The predicted molar refractivity (Wildman–Crippen MR) is 107 cm³/mol. The van der Waals surface area contributed by atoms with E-state index < -0.39 is 4.92 Å². The van der Waals surface area contributed by atoms with Gasteiger partial charge in [-0.05, 0) is 37.1 Å². The topological polar surface area (TPSA) is 75.9 Å². The van der Waals surface area contributed by atoms with Gasteiger partial charge in [0.15, 0.2) is 0 Å². The van der Waals surface area contributed by atoms with Gasteiger partial charge in [-0.25, -0.2) is 0 Å². The van der Waals surface area contributed by atoms with Gasteiger partial charge in [0.1, 0.15) is 5.75 Å². The van der Waals surface area contributed by atoms with Gasteiger partial charge in [0.05, 0.1) is 12.0 Å². The number of carbonyl (C=O) groups is 1. The third-order valence-corrected chi connectivity index (χ3v) is 5.09. The maximum Gasteiger partial charge on any atom is 0.273 e. The molecule has 0 N–H and O–H groups in total. The number of hydrogen-bond acceptors (Lipinski definition) is 5. The molecule has 7 heteroatoms. The second-order valence-electron chi connectivity index (χ2n) is 7.03. The summed E-state index contributed by atoms with van der Waals surface area (Å²) in [5, 5.41) is 11.2. The van der Waals surface area contributed by atoms with Gasteiger partial charge in [-0.1, -0.05) is 18.2 Å². The fourth-order valence-corrected chi connectivity index (χ4v) is 3.44. The van der Waals surface area contributed by atoms with Gasteiger partial charge in [0, 0.05) is 49.9 Å². The molecule has 0 saturated carbocycles. The van der Waals surface area contributed by atoms with Crippen molar-refractivity contribution in [2.75, 3.05) is 33.3 Å². The molecule has 7 nitrogen and oxygen atoms in total. The van der Waals surface area contributed by atoms with Gasteiger partial charge >= 0.3 is 0 Å². The van der Waals surface area contributed by atoms with Crippen molar-refractivity contribution in [2.24, 2.45) is 0 Å². The molecule has 148 valence electrons. The van der Waals surface area contributed by atoms with Crippen LogP contribution in [0.15, 0.2) is 42.5 Å². The fourth-order valence-electron chi connectivity index (χ4n) is 3.44. The molecule has 3 rings (SSSR count). The van der Waals surface area contributed by atoms with Crippen molar-refractivity contribution in [3.05, 3.63) is 69.3 Å². The van der Waals surface area contributed by atoms with Crippen molar-refractivity contribution >= 4 is 11.6 Å². The Hall–Kier alpha value is -2.93. The minimum atomic E-state index is -0.439. The largest absolute Gasteiger partial charge is 0.497 e. The number of nitro groups is 1. The lowest BCUT2D eigenvalue weighted by Crippen LogP contribution is -2.35. The molecule has 1 aliphatic rings. The molecule has 2 aromatic carbocycles. The lowest BCUT2D eigenvalue weighted by atomic mass is 10.1. The summed E-state index contributed by atoms with van der Waals surface area (Å²) in [6.07, 6.45) is 0.871. The Kier molecular flexibility index (Phi) is 6.26. The first-order valence-corrected chi connectivity index (χ1v) is 9.37. The Morgan fingerprint density at radius 3 is 2.54 bits per heavy atom. The molecule has 0 aliphatic carbocycles. The van der Waals surface area contributed by atoms with E-state index in [-0.39, 0.29) is 11.6 Å². The van der Waals surface area contributed by atoms with Crippen LogP contribution >= 0.6 is 0 Å². The Balaban J connectivity index is 1.63. The summed E-state index contributed by atoms with van der Waals surface area (Å²) in [6.45, 7) is 5.43. The lowest BCUT2D eigenvalue weighted by molar-refractivity contribution is -0.385. The van der Waals surface area contributed by atoms with Crippen LogP contribution < -0.4 is 4.74 Å². The second-order valence-corrected chi connectivity index (χ2v) is 7.03. The minimum absolute atomic E-state index is 0.0122. The molecule has 0 bridgehead atoms. The summed E-state index contributed by atoms with van der Waals surface area (Å²) in [7, 11) is 1.65. The fraction of sp³-hybridized carbons (Fsp3) is 0.381. The molecule has 1 fully saturated rings. The van der Waals surface area contributed by atoms with Crippen molar-refractivity contribution in [1.29, 1.82) is 0 Å². The number of nitrogens with zero attached hydrogens (tertiary/aromatic N) is 3. The van der Waals surface area contributed by atoms with Gasteiger partial charge < -0.3 is 9.64 Å². The van der Waals surface area contributed by atoms with Crippen LogP contribution in [-0.4, -0.2) is 53.9 Å². The molecule has 1 saturated heterocycles. The lowest BCUT2D eigenvalue weighted by Gasteiger charge is -2.22. The highest BCUT2D eigenvalue weighted by atomic mass is 16.6. The smallest absolute Gasteiger partial charge is 0.273 e. The zero-order valence-electron chi connectivity index (χ0n) is 16.3. The zero-order chi connectivity index (χ0) is 20.1. The van der Waals surface area contributed by atoms with Crippen LogP contribution in [0, 0.1) is 17.0 Å². The summed E-state index contributed by atoms with van der Waals surface area (Å²) in [5.41, 5.74) is 2.13. The maximum absolute atomic E-state index is 12.8. The molecule has 1 aliphatic heterocycles. The standard InChI is InChI=1S/C21H25N3O4/c1-16-4-7-18(14-20(16)24(26)27)21(25)23-11-3-10-22(12-13-23)15-17-5-8-19(28-2)9-6-17/h4-9,14H,3,10-13,15H2,1-2H3. The molecule has 0 aromatic heterocycles. The number of methoxy groups -OCH3 is 1. The van der Waals surface area contributed by atoms with Crippen molar-refractivity contribution in [3.8, 4) is 5.75 Å². The maximum atomic E-state index is 12.8. The Labute approximate surface area is 164 Å². The van der Waals surface area contributed by atoms with E-state index in [0.29, 0.717) is 24.2 Å². The van der Waals surface area contributed by atoms with Crippen molar-refractivity contribution in [1.82, 2.24) is 9.80 Å².